The van der Waals surface area contributed by atoms with Crippen molar-refractivity contribution in [2.75, 3.05) is 13.1 Å². The first-order valence-electron chi connectivity index (χ1n) is 8.94. The fourth-order valence-electron chi connectivity index (χ4n) is 3.88. The van der Waals surface area contributed by atoms with Gasteiger partial charge in [-0.3, -0.25) is 4.79 Å². The third kappa shape index (κ3) is 4.28. The molecule has 0 bridgehead atoms. The predicted octanol–water partition coefficient (Wildman–Crippen LogP) is 2.90. The summed E-state index contributed by atoms with van der Waals surface area (Å²) in [4.78, 5) is 25.3. The van der Waals surface area contributed by atoms with E-state index in [2.05, 4.69) is 29.6 Å². The minimum Gasteiger partial charge on any atom is -0.481 e. The number of carboxylic acids is 1. The molecule has 24 heavy (non-hydrogen) atoms. The molecule has 1 aliphatic carbocycles. The molecule has 0 spiro atoms. The highest BCUT2D eigenvalue weighted by Gasteiger charge is 2.30. The van der Waals surface area contributed by atoms with Crippen LogP contribution in [0.15, 0.2) is 30.3 Å². The number of urea groups is 1. The molecule has 1 saturated heterocycles. The molecular formula is C19H26N2O3. The lowest BCUT2D eigenvalue weighted by atomic mass is 9.86. The van der Waals surface area contributed by atoms with Crippen molar-refractivity contribution in [2.24, 2.45) is 11.8 Å². The second-order valence-electron chi connectivity index (χ2n) is 7.13. The molecule has 1 atom stereocenters. The lowest BCUT2D eigenvalue weighted by molar-refractivity contribution is -0.142. The quantitative estimate of drug-likeness (QED) is 0.892. The second kappa shape index (κ2) is 7.69. The molecule has 1 aromatic rings. The fourth-order valence-corrected chi connectivity index (χ4v) is 3.88. The number of likely N-dealkylation sites (tertiary alicyclic amines) is 1. The molecule has 5 nitrogen and oxygen atoms in total. The summed E-state index contributed by atoms with van der Waals surface area (Å²) in [6.07, 6.45) is 4.93. The fraction of sp³-hybridized carbons (Fsp3) is 0.579. The van der Waals surface area contributed by atoms with E-state index >= 15 is 0 Å². The van der Waals surface area contributed by atoms with Crippen LogP contribution in [0, 0.1) is 11.8 Å². The van der Waals surface area contributed by atoms with Crippen molar-refractivity contribution >= 4 is 12.0 Å². The Kier molecular flexibility index (Phi) is 5.38. The molecule has 130 valence electrons. The average molecular weight is 330 g/mol. The number of nitrogens with one attached hydrogen (secondary N) is 1. The molecule has 2 N–H and O–H groups in total. The Balaban J connectivity index is 1.43. The summed E-state index contributed by atoms with van der Waals surface area (Å²) in [6, 6.07) is 10.6. The zero-order valence-corrected chi connectivity index (χ0v) is 14.0. The van der Waals surface area contributed by atoms with Gasteiger partial charge in [0.15, 0.2) is 0 Å². The van der Waals surface area contributed by atoms with E-state index in [9.17, 15) is 9.59 Å². The van der Waals surface area contributed by atoms with Gasteiger partial charge in [-0.1, -0.05) is 30.3 Å². The van der Waals surface area contributed by atoms with Crippen molar-refractivity contribution < 1.29 is 14.7 Å². The number of hydrogen-bond donors (Lipinski definition) is 2. The number of benzene rings is 1. The van der Waals surface area contributed by atoms with Gasteiger partial charge in [0.2, 0.25) is 0 Å². The van der Waals surface area contributed by atoms with Crippen LogP contribution in [0.1, 0.15) is 37.7 Å². The lowest BCUT2D eigenvalue weighted by Crippen LogP contribution is -2.45. The molecule has 3 rings (SSSR count). The highest BCUT2D eigenvalue weighted by Crippen LogP contribution is 2.25. The van der Waals surface area contributed by atoms with Gasteiger partial charge in [0, 0.05) is 19.1 Å². The topological polar surface area (TPSA) is 69.6 Å². The summed E-state index contributed by atoms with van der Waals surface area (Å²) in [5, 5.41) is 12.1. The van der Waals surface area contributed by atoms with Crippen molar-refractivity contribution in [3.8, 4) is 0 Å². The zero-order chi connectivity index (χ0) is 16.9. The van der Waals surface area contributed by atoms with Crippen LogP contribution in [0.25, 0.3) is 0 Å². The smallest absolute Gasteiger partial charge is 0.317 e. The Morgan fingerprint density at radius 3 is 2.46 bits per heavy atom. The molecule has 2 fully saturated rings. The molecule has 0 aromatic heterocycles. The molecule has 0 radical (unpaired) electrons. The van der Waals surface area contributed by atoms with Gasteiger partial charge in [-0.2, -0.15) is 0 Å². The Morgan fingerprint density at radius 2 is 1.79 bits per heavy atom. The van der Waals surface area contributed by atoms with Crippen LogP contribution in [0.2, 0.25) is 0 Å². The number of nitrogens with zero attached hydrogens (tertiary/aromatic N) is 1. The highest BCUT2D eigenvalue weighted by atomic mass is 16.4. The number of carbonyl (C=O) groups is 2. The standard InChI is InChI=1S/C19H26N2O3/c22-18(23)16-6-8-17(9-7-16)20-19(24)21-11-10-15(13-21)12-14-4-2-1-3-5-14/h1-5,15-17H,6-13H2,(H,20,24)(H,22,23). The van der Waals surface area contributed by atoms with Gasteiger partial charge >= 0.3 is 12.0 Å². The molecule has 2 aliphatic rings. The maximum Gasteiger partial charge on any atom is 0.317 e. The predicted molar refractivity (Wildman–Crippen MR) is 91.7 cm³/mol. The van der Waals surface area contributed by atoms with Crippen LogP contribution in [-0.4, -0.2) is 41.1 Å². The van der Waals surface area contributed by atoms with Crippen LogP contribution in [0.4, 0.5) is 4.79 Å². The van der Waals surface area contributed by atoms with Crippen molar-refractivity contribution in [1.82, 2.24) is 10.2 Å². The Labute approximate surface area is 143 Å². The van der Waals surface area contributed by atoms with Crippen molar-refractivity contribution in [1.29, 1.82) is 0 Å². The number of rotatable bonds is 4. The van der Waals surface area contributed by atoms with Gasteiger partial charge in [0.05, 0.1) is 5.92 Å². The van der Waals surface area contributed by atoms with Crippen LogP contribution in [0.3, 0.4) is 0 Å². The number of amides is 2. The first kappa shape index (κ1) is 16.8. The summed E-state index contributed by atoms with van der Waals surface area (Å²) in [7, 11) is 0. The molecule has 2 amide bonds. The van der Waals surface area contributed by atoms with E-state index in [0.29, 0.717) is 18.8 Å². The summed E-state index contributed by atoms with van der Waals surface area (Å²) >= 11 is 0. The van der Waals surface area contributed by atoms with E-state index in [-0.39, 0.29) is 18.0 Å². The van der Waals surface area contributed by atoms with E-state index in [4.69, 9.17) is 5.11 Å². The molecule has 1 aromatic carbocycles. The molecule has 5 heteroatoms. The van der Waals surface area contributed by atoms with Crippen molar-refractivity contribution in [3.05, 3.63) is 35.9 Å². The second-order valence-corrected chi connectivity index (χ2v) is 7.13. The van der Waals surface area contributed by atoms with Crippen molar-refractivity contribution in [3.63, 3.8) is 0 Å². The van der Waals surface area contributed by atoms with Gasteiger partial charge in [-0.25, -0.2) is 4.79 Å². The lowest BCUT2D eigenvalue weighted by Gasteiger charge is -2.28. The van der Waals surface area contributed by atoms with Crippen LogP contribution < -0.4 is 5.32 Å². The largest absolute Gasteiger partial charge is 0.481 e. The van der Waals surface area contributed by atoms with E-state index in [1.165, 1.54) is 5.56 Å². The van der Waals surface area contributed by atoms with E-state index < -0.39 is 5.97 Å². The summed E-state index contributed by atoms with van der Waals surface area (Å²) < 4.78 is 0. The van der Waals surface area contributed by atoms with Crippen LogP contribution >= 0.6 is 0 Å². The van der Waals surface area contributed by atoms with E-state index in [1.807, 2.05) is 11.0 Å². The van der Waals surface area contributed by atoms with E-state index in [1.54, 1.807) is 0 Å². The van der Waals surface area contributed by atoms with Gasteiger partial charge in [0.25, 0.3) is 0 Å². The number of aliphatic carboxylic acids is 1. The summed E-state index contributed by atoms with van der Waals surface area (Å²) in [5.41, 5.74) is 1.33. The summed E-state index contributed by atoms with van der Waals surface area (Å²) in [5.74, 6) is -0.413. The molecular weight excluding hydrogens is 304 g/mol. The minimum absolute atomic E-state index is 0.0179. The zero-order valence-electron chi connectivity index (χ0n) is 14.0. The Morgan fingerprint density at radius 1 is 1.08 bits per heavy atom. The van der Waals surface area contributed by atoms with Gasteiger partial charge in [0.1, 0.15) is 0 Å². The highest BCUT2D eigenvalue weighted by molar-refractivity contribution is 5.75. The first-order chi connectivity index (χ1) is 11.6. The Hall–Kier alpha value is -2.04. The SMILES string of the molecule is O=C(O)C1CCC(NC(=O)N2CCC(Cc3ccccc3)C2)CC1. The summed E-state index contributed by atoms with van der Waals surface area (Å²) in [6.45, 7) is 1.62. The third-order valence-electron chi connectivity index (χ3n) is 5.34. The van der Waals surface area contributed by atoms with Crippen molar-refractivity contribution in [2.45, 2.75) is 44.6 Å². The Bertz CT molecular complexity index is 567. The molecule has 1 saturated carbocycles. The van der Waals surface area contributed by atoms with Crippen LogP contribution in [0.5, 0.6) is 0 Å². The van der Waals surface area contributed by atoms with Gasteiger partial charge in [-0.15, -0.1) is 0 Å². The number of hydrogen-bond acceptors (Lipinski definition) is 2. The third-order valence-corrected chi connectivity index (χ3v) is 5.34. The number of carbonyl (C=O) groups excluding carboxylic acids is 1. The van der Waals surface area contributed by atoms with Crippen LogP contribution in [-0.2, 0) is 11.2 Å². The van der Waals surface area contributed by atoms with Gasteiger partial charge < -0.3 is 15.3 Å². The van der Waals surface area contributed by atoms with Gasteiger partial charge in [-0.05, 0) is 50.0 Å². The number of carboxylic acid groups (broad SMARTS) is 1. The monoisotopic (exact) mass is 330 g/mol. The normalized spacial score (nSPS) is 27.0. The van der Waals surface area contributed by atoms with E-state index in [0.717, 1.165) is 38.8 Å². The maximum absolute atomic E-state index is 12.4. The molecule has 1 unspecified atom stereocenters. The first-order valence-corrected chi connectivity index (χ1v) is 8.94. The molecule has 1 aliphatic heterocycles. The minimum atomic E-state index is -0.705. The maximum atomic E-state index is 12.4. The molecule has 1 heterocycles. The average Bonchev–Trinajstić information content (AvgIpc) is 3.05.